The summed E-state index contributed by atoms with van der Waals surface area (Å²) < 4.78 is 10.6. The first kappa shape index (κ1) is 21.9. The fraction of sp³-hybridized carbons (Fsp3) is 0.412. The Balaban J connectivity index is 3.62. The molecule has 9 heteroatoms. The quantitative estimate of drug-likeness (QED) is 0.585. The van der Waals surface area contributed by atoms with Gasteiger partial charge in [-0.1, -0.05) is 15.9 Å². The minimum Gasteiger partial charge on any atom is -0.506 e. The van der Waals surface area contributed by atoms with Crippen molar-refractivity contribution in [3.63, 3.8) is 0 Å². The highest BCUT2D eigenvalue weighted by atomic mass is 79.9. The Morgan fingerprint density at radius 1 is 1.08 bits per heavy atom. The van der Waals surface area contributed by atoms with Crippen LogP contribution < -0.4 is 0 Å². The van der Waals surface area contributed by atoms with E-state index in [1.54, 1.807) is 32.1 Å². The second-order valence-corrected chi connectivity index (χ2v) is 6.84. The van der Waals surface area contributed by atoms with Crippen LogP contribution in [-0.4, -0.2) is 30.3 Å². The summed E-state index contributed by atoms with van der Waals surface area (Å²) in [6.45, 7) is 3.19. The molecule has 0 aliphatic heterocycles. The highest BCUT2D eigenvalue weighted by Crippen LogP contribution is 2.43. The maximum atomic E-state index is 12.3. The molecule has 1 unspecified atom stereocenters. The predicted octanol–water partition coefficient (Wildman–Crippen LogP) is 3.41. The van der Waals surface area contributed by atoms with Crippen molar-refractivity contribution >= 4 is 43.8 Å². The van der Waals surface area contributed by atoms with Crippen molar-refractivity contribution in [3.05, 3.63) is 26.6 Å². The Morgan fingerprint density at radius 2 is 1.54 bits per heavy atom. The molecule has 0 aromatic heterocycles. The molecule has 26 heavy (non-hydrogen) atoms. The zero-order valence-corrected chi connectivity index (χ0v) is 17.2. The lowest BCUT2D eigenvalue weighted by Gasteiger charge is -2.25. The molecule has 7 nitrogen and oxygen atoms in total. The van der Waals surface area contributed by atoms with Crippen LogP contribution in [-0.2, 0) is 19.1 Å². The van der Waals surface area contributed by atoms with Crippen LogP contribution in [0.5, 0.6) is 5.75 Å². The fourth-order valence-electron chi connectivity index (χ4n) is 2.41. The molecule has 3 atom stereocenters. The van der Waals surface area contributed by atoms with E-state index in [0.29, 0.717) is 4.47 Å². The average molecular weight is 488 g/mol. The number of hydrogen-bond acceptors (Lipinski definition) is 7. The minimum absolute atomic E-state index is 0.0223. The lowest BCUT2D eigenvalue weighted by molar-refractivity contribution is -0.150. The summed E-state index contributed by atoms with van der Waals surface area (Å²) in [5, 5.41) is 29.5. The molecule has 138 valence electrons. The van der Waals surface area contributed by atoms with Crippen LogP contribution in [0.25, 0.3) is 0 Å². The van der Waals surface area contributed by atoms with Crippen molar-refractivity contribution in [2.75, 3.05) is 13.2 Å². The van der Waals surface area contributed by atoms with Gasteiger partial charge in [0.25, 0.3) is 0 Å². The van der Waals surface area contributed by atoms with Gasteiger partial charge in [0, 0.05) is 16.0 Å². The Hall–Kier alpha value is -2.10. The number of benzene rings is 1. The van der Waals surface area contributed by atoms with Crippen LogP contribution in [0, 0.1) is 34.5 Å². The maximum Gasteiger partial charge on any atom is 0.324 e. The van der Waals surface area contributed by atoms with Crippen molar-refractivity contribution in [2.45, 2.75) is 19.8 Å². The zero-order valence-electron chi connectivity index (χ0n) is 14.0. The van der Waals surface area contributed by atoms with Crippen LogP contribution >= 0.6 is 31.9 Å². The normalized spacial score (nSPS) is 13.6. The zero-order chi connectivity index (χ0) is 19.9. The number of nitrogens with zero attached hydrogens (tertiary/aromatic N) is 2. The molecular formula is C17H16Br2N2O5. The first-order valence-corrected chi connectivity index (χ1v) is 9.21. The van der Waals surface area contributed by atoms with Gasteiger partial charge in [0.15, 0.2) is 11.8 Å². The van der Waals surface area contributed by atoms with Crippen molar-refractivity contribution in [1.82, 2.24) is 0 Å². The van der Waals surface area contributed by atoms with Crippen molar-refractivity contribution in [3.8, 4) is 17.9 Å². The van der Waals surface area contributed by atoms with E-state index in [9.17, 15) is 25.2 Å². The molecule has 0 aliphatic rings. The Morgan fingerprint density at radius 3 is 1.92 bits per heavy atom. The van der Waals surface area contributed by atoms with Crippen LogP contribution in [0.15, 0.2) is 21.1 Å². The third-order valence-corrected chi connectivity index (χ3v) is 4.56. The molecule has 0 radical (unpaired) electrons. The first-order chi connectivity index (χ1) is 12.3. The number of nitriles is 2. The van der Waals surface area contributed by atoms with Gasteiger partial charge in [-0.25, -0.2) is 0 Å². The van der Waals surface area contributed by atoms with Crippen molar-refractivity contribution in [1.29, 1.82) is 10.5 Å². The summed E-state index contributed by atoms with van der Waals surface area (Å²) in [5.41, 5.74) is 0.0745. The van der Waals surface area contributed by atoms with E-state index in [1.807, 2.05) is 0 Å². The largest absolute Gasteiger partial charge is 0.506 e. The molecule has 0 amide bonds. The van der Waals surface area contributed by atoms with Gasteiger partial charge in [0.1, 0.15) is 5.75 Å². The number of rotatable bonds is 7. The minimum atomic E-state index is -1.49. The van der Waals surface area contributed by atoms with E-state index < -0.39 is 29.7 Å². The second kappa shape index (κ2) is 10.1. The van der Waals surface area contributed by atoms with E-state index in [2.05, 4.69) is 31.9 Å². The molecule has 1 N–H and O–H groups in total. The number of hydrogen-bond donors (Lipinski definition) is 1. The predicted molar refractivity (Wildman–Crippen MR) is 97.7 cm³/mol. The third kappa shape index (κ3) is 4.96. The Kier molecular flexibility index (Phi) is 8.56. The summed E-state index contributed by atoms with van der Waals surface area (Å²) in [5.74, 6) is -6.32. The average Bonchev–Trinajstić information content (AvgIpc) is 2.58. The SMILES string of the molecule is CCOC(=O)[C@@H](C#N)C(c1cc(Br)cc(Br)c1O)[C@@H](C#N)C(=O)OCC. The molecule has 1 rings (SSSR count). The van der Waals surface area contributed by atoms with Crippen molar-refractivity contribution in [2.24, 2.45) is 11.8 Å². The first-order valence-electron chi connectivity index (χ1n) is 7.62. The van der Waals surface area contributed by atoms with Crippen molar-refractivity contribution < 1.29 is 24.2 Å². The molecule has 1 aromatic carbocycles. The van der Waals surface area contributed by atoms with E-state index in [1.165, 1.54) is 6.07 Å². The number of aromatic hydroxyl groups is 1. The monoisotopic (exact) mass is 486 g/mol. The molecular weight excluding hydrogens is 472 g/mol. The molecule has 0 saturated carbocycles. The van der Waals surface area contributed by atoms with Crippen LogP contribution in [0.4, 0.5) is 0 Å². The number of phenols is 1. The molecule has 0 bridgehead atoms. The highest BCUT2D eigenvalue weighted by molar-refractivity contribution is 9.11. The molecule has 0 spiro atoms. The number of phenolic OH excluding ortho intramolecular Hbond substituents is 1. The summed E-state index contributed by atoms with van der Waals surface area (Å²) in [4.78, 5) is 24.5. The summed E-state index contributed by atoms with van der Waals surface area (Å²) >= 11 is 6.42. The van der Waals surface area contributed by atoms with Gasteiger partial charge in [-0.3, -0.25) is 9.59 Å². The third-order valence-electron chi connectivity index (χ3n) is 3.49. The molecule has 0 heterocycles. The van der Waals surface area contributed by atoms with Gasteiger partial charge < -0.3 is 14.6 Å². The number of halogens is 2. The summed E-state index contributed by atoms with van der Waals surface area (Å²) in [6, 6.07) is 6.57. The lowest BCUT2D eigenvalue weighted by Crippen LogP contribution is -2.33. The number of ether oxygens (including phenoxy) is 2. The Bertz CT molecular complexity index is 734. The van der Waals surface area contributed by atoms with Gasteiger partial charge in [-0.15, -0.1) is 0 Å². The van der Waals surface area contributed by atoms with E-state index in [0.717, 1.165) is 0 Å². The highest BCUT2D eigenvalue weighted by Gasteiger charge is 2.43. The summed E-state index contributed by atoms with van der Waals surface area (Å²) in [7, 11) is 0. The molecule has 1 aromatic rings. The van der Waals surface area contributed by atoms with Crippen LogP contribution in [0.1, 0.15) is 25.3 Å². The van der Waals surface area contributed by atoms with E-state index in [-0.39, 0.29) is 29.0 Å². The summed E-state index contributed by atoms with van der Waals surface area (Å²) in [6.07, 6.45) is 0. The van der Waals surface area contributed by atoms with Gasteiger partial charge >= 0.3 is 11.9 Å². The van der Waals surface area contributed by atoms with Gasteiger partial charge in [-0.05, 0) is 41.9 Å². The maximum absolute atomic E-state index is 12.3. The molecule has 0 saturated heterocycles. The fourth-order valence-corrected chi connectivity index (χ4v) is 3.67. The van der Waals surface area contributed by atoms with Crippen LogP contribution in [0.3, 0.4) is 0 Å². The van der Waals surface area contributed by atoms with Crippen LogP contribution in [0.2, 0.25) is 0 Å². The topological polar surface area (TPSA) is 120 Å². The van der Waals surface area contributed by atoms with Gasteiger partial charge in [-0.2, -0.15) is 10.5 Å². The van der Waals surface area contributed by atoms with E-state index in [4.69, 9.17) is 9.47 Å². The van der Waals surface area contributed by atoms with Gasteiger partial charge in [0.2, 0.25) is 0 Å². The standard InChI is InChI=1S/C17H16Br2N2O5/c1-3-25-16(23)11(7-20)14(12(8-21)17(24)26-4-2)10-5-9(18)6-13(19)15(10)22/h5-6,11-12,14,22H,3-4H2,1-2H3/t11-,12+,14?. The smallest absolute Gasteiger partial charge is 0.324 e. The second-order valence-electron chi connectivity index (χ2n) is 5.07. The number of carbonyl (C=O) groups is 2. The number of carbonyl (C=O) groups excluding carboxylic acids is 2. The lowest BCUT2D eigenvalue weighted by atomic mass is 9.77. The molecule has 0 fully saturated rings. The van der Waals surface area contributed by atoms with E-state index >= 15 is 0 Å². The molecule has 0 aliphatic carbocycles. The Labute approximate surface area is 167 Å². The number of esters is 2. The van der Waals surface area contributed by atoms with Gasteiger partial charge in [0.05, 0.1) is 29.8 Å².